The molecular formula is C34H38O10. The first-order chi connectivity index (χ1) is 21.2. The van der Waals surface area contributed by atoms with Crippen LogP contribution in [0.2, 0.25) is 0 Å². The molecule has 0 aliphatic heterocycles. The number of rotatable bonds is 13. The zero-order chi connectivity index (χ0) is 32.0. The molecule has 4 rings (SSSR count). The lowest BCUT2D eigenvalue weighted by molar-refractivity contribution is 0.320. The van der Waals surface area contributed by atoms with Gasteiger partial charge in [-0.3, -0.25) is 0 Å². The fraction of sp³-hybridized carbons (Fsp3) is 0.294. The summed E-state index contributed by atoms with van der Waals surface area (Å²) in [4.78, 5) is 0. The van der Waals surface area contributed by atoms with Gasteiger partial charge in [0.1, 0.15) is 23.0 Å². The molecule has 0 unspecified atom stereocenters. The third-order valence-electron chi connectivity index (χ3n) is 7.34. The maximum Gasteiger partial charge on any atom is 0.204 e. The Morgan fingerprint density at radius 3 is 0.932 bits per heavy atom. The van der Waals surface area contributed by atoms with Crippen LogP contribution in [0, 0.1) is 0 Å². The van der Waals surface area contributed by atoms with Crippen LogP contribution in [0.15, 0.2) is 48.5 Å². The van der Waals surface area contributed by atoms with Crippen molar-refractivity contribution in [2.45, 2.75) is 25.7 Å². The summed E-state index contributed by atoms with van der Waals surface area (Å²) in [6.45, 7) is 0. The van der Waals surface area contributed by atoms with E-state index in [4.69, 9.17) is 28.4 Å². The number of benzene rings is 4. The molecule has 0 heterocycles. The predicted molar refractivity (Wildman–Crippen MR) is 166 cm³/mol. The molecule has 0 atom stereocenters. The molecule has 0 aliphatic carbocycles. The van der Waals surface area contributed by atoms with E-state index in [1.54, 1.807) is 52.7 Å². The zero-order valence-corrected chi connectivity index (χ0v) is 25.7. The van der Waals surface area contributed by atoms with Gasteiger partial charge in [-0.1, -0.05) is 0 Å². The SMILES string of the molecule is COc1c(CCc2cc(O)cc(O)c2)cc(-c2cc(CCc3cc(O)cc(O)c3)c(OC)c(OC)c2OC)c(OC)c1OC. The molecule has 0 amide bonds. The summed E-state index contributed by atoms with van der Waals surface area (Å²) in [6.07, 6.45) is 1.92. The standard InChI is InChI=1S/C34H38O10/c1-39-29-21(9-7-19-11-23(35)17-24(36)12-19)15-27(31(41-3)33(29)43-5)28-16-22(30(40-2)34(44-6)32(28)42-4)10-8-20-13-25(37)18-26(38)14-20/h11-18,35-38H,7-10H2,1-6H3. The molecule has 0 spiro atoms. The second-order valence-corrected chi connectivity index (χ2v) is 10.1. The van der Waals surface area contributed by atoms with Crippen LogP contribution in [0.4, 0.5) is 0 Å². The Balaban J connectivity index is 1.89. The highest BCUT2D eigenvalue weighted by Crippen LogP contribution is 2.53. The van der Waals surface area contributed by atoms with Gasteiger partial charge in [-0.05, 0) is 84.3 Å². The Hall–Kier alpha value is -5.12. The van der Waals surface area contributed by atoms with Gasteiger partial charge in [0.05, 0.1) is 42.7 Å². The highest BCUT2D eigenvalue weighted by atomic mass is 16.5. The van der Waals surface area contributed by atoms with E-state index >= 15 is 0 Å². The number of methoxy groups -OCH3 is 6. The molecule has 4 aromatic rings. The van der Waals surface area contributed by atoms with E-state index in [0.29, 0.717) is 71.3 Å². The molecule has 0 saturated carbocycles. The lowest BCUT2D eigenvalue weighted by Gasteiger charge is -2.23. The number of ether oxygens (including phenoxy) is 6. The Morgan fingerprint density at radius 1 is 0.364 bits per heavy atom. The molecule has 234 valence electrons. The monoisotopic (exact) mass is 606 g/mol. The highest BCUT2D eigenvalue weighted by Gasteiger charge is 2.28. The molecule has 0 bridgehead atoms. The van der Waals surface area contributed by atoms with Crippen molar-refractivity contribution in [1.29, 1.82) is 0 Å². The molecule has 0 saturated heterocycles. The number of aromatic hydroxyl groups is 4. The zero-order valence-electron chi connectivity index (χ0n) is 25.7. The minimum atomic E-state index is -0.0245. The van der Waals surface area contributed by atoms with Crippen molar-refractivity contribution in [3.05, 3.63) is 70.8 Å². The van der Waals surface area contributed by atoms with E-state index in [1.807, 2.05) is 12.1 Å². The van der Waals surface area contributed by atoms with Gasteiger partial charge in [-0.25, -0.2) is 0 Å². The smallest absolute Gasteiger partial charge is 0.204 e. The van der Waals surface area contributed by atoms with E-state index < -0.39 is 0 Å². The first kappa shape index (κ1) is 31.8. The summed E-state index contributed by atoms with van der Waals surface area (Å²) in [5, 5.41) is 39.9. The van der Waals surface area contributed by atoms with Crippen LogP contribution in [-0.4, -0.2) is 63.1 Å². The molecule has 0 aliphatic rings. The van der Waals surface area contributed by atoms with E-state index in [1.165, 1.54) is 26.4 Å². The number of aryl methyl sites for hydroxylation is 4. The second kappa shape index (κ2) is 13.9. The quantitative estimate of drug-likeness (QED) is 0.148. The molecule has 0 fully saturated rings. The largest absolute Gasteiger partial charge is 0.508 e. The van der Waals surface area contributed by atoms with E-state index in [9.17, 15) is 20.4 Å². The maximum absolute atomic E-state index is 9.97. The van der Waals surface area contributed by atoms with Crippen molar-refractivity contribution in [1.82, 2.24) is 0 Å². The third-order valence-corrected chi connectivity index (χ3v) is 7.34. The van der Waals surface area contributed by atoms with Crippen LogP contribution in [0.5, 0.6) is 57.5 Å². The fourth-order valence-corrected chi connectivity index (χ4v) is 5.51. The topological polar surface area (TPSA) is 136 Å². The lowest BCUT2D eigenvalue weighted by atomic mass is 9.92. The molecule has 4 aromatic carbocycles. The van der Waals surface area contributed by atoms with Gasteiger partial charge in [-0.2, -0.15) is 0 Å². The average molecular weight is 607 g/mol. The summed E-state index contributed by atoms with van der Waals surface area (Å²) in [7, 11) is 9.24. The Kier molecular flexibility index (Phi) is 10.0. The molecule has 44 heavy (non-hydrogen) atoms. The van der Waals surface area contributed by atoms with Crippen LogP contribution < -0.4 is 28.4 Å². The summed E-state index contributed by atoms with van der Waals surface area (Å²) in [6, 6.07) is 12.8. The van der Waals surface area contributed by atoms with E-state index in [0.717, 1.165) is 22.3 Å². The molecular weight excluding hydrogens is 568 g/mol. The van der Waals surface area contributed by atoms with Crippen molar-refractivity contribution in [2.24, 2.45) is 0 Å². The Bertz CT molecular complexity index is 1470. The van der Waals surface area contributed by atoms with Crippen LogP contribution in [0.3, 0.4) is 0 Å². The predicted octanol–water partition coefficient (Wildman–Crippen LogP) is 5.80. The first-order valence-electron chi connectivity index (χ1n) is 13.9. The fourth-order valence-electron chi connectivity index (χ4n) is 5.51. The van der Waals surface area contributed by atoms with E-state index in [-0.39, 0.29) is 23.0 Å². The molecule has 4 N–H and O–H groups in total. The van der Waals surface area contributed by atoms with Crippen LogP contribution >= 0.6 is 0 Å². The van der Waals surface area contributed by atoms with Gasteiger partial charge in [0.2, 0.25) is 11.5 Å². The van der Waals surface area contributed by atoms with Gasteiger partial charge >= 0.3 is 0 Å². The molecule has 10 heteroatoms. The van der Waals surface area contributed by atoms with Crippen molar-refractivity contribution < 1.29 is 48.8 Å². The van der Waals surface area contributed by atoms with Crippen LogP contribution in [-0.2, 0) is 25.7 Å². The van der Waals surface area contributed by atoms with Gasteiger partial charge in [0, 0.05) is 23.3 Å². The van der Waals surface area contributed by atoms with Crippen molar-refractivity contribution in [2.75, 3.05) is 42.7 Å². The van der Waals surface area contributed by atoms with Gasteiger partial charge < -0.3 is 48.8 Å². The van der Waals surface area contributed by atoms with Crippen LogP contribution in [0.1, 0.15) is 22.3 Å². The summed E-state index contributed by atoms with van der Waals surface area (Å²) in [5.74, 6) is 2.47. The second-order valence-electron chi connectivity index (χ2n) is 10.1. The Morgan fingerprint density at radius 2 is 0.659 bits per heavy atom. The summed E-state index contributed by atoms with van der Waals surface area (Å²) < 4.78 is 35.0. The number of hydrogen-bond acceptors (Lipinski definition) is 10. The first-order valence-corrected chi connectivity index (χ1v) is 13.9. The lowest BCUT2D eigenvalue weighted by Crippen LogP contribution is -2.05. The minimum absolute atomic E-state index is 0.0245. The van der Waals surface area contributed by atoms with Crippen molar-refractivity contribution in [3.63, 3.8) is 0 Å². The highest BCUT2D eigenvalue weighted by molar-refractivity contribution is 5.85. The van der Waals surface area contributed by atoms with E-state index in [2.05, 4.69) is 0 Å². The molecule has 10 nitrogen and oxygen atoms in total. The van der Waals surface area contributed by atoms with Gasteiger partial charge in [0.25, 0.3) is 0 Å². The number of hydrogen-bond donors (Lipinski definition) is 4. The minimum Gasteiger partial charge on any atom is -0.508 e. The van der Waals surface area contributed by atoms with Crippen LogP contribution in [0.25, 0.3) is 11.1 Å². The number of phenols is 4. The Labute approximate surface area is 256 Å². The van der Waals surface area contributed by atoms with Crippen molar-refractivity contribution in [3.8, 4) is 68.6 Å². The average Bonchev–Trinajstić information content (AvgIpc) is 2.99. The third kappa shape index (κ3) is 6.59. The maximum atomic E-state index is 9.97. The normalized spacial score (nSPS) is 10.8. The summed E-state index contributed by atoms with van der Waals surface area (Å²) >= 11 is 0. The van der Waals surface area contributed by atoms with Crippen molar-refractivity contribution >= 4 is 0 Å². The molecule has 0 aromatic heterocycles. The van der Waals surface area contributed by atoms with Gasteiger partial charge in [0.15, 0.2) is 23.0 Å². The number of phenolic OH excluding ortho intramolecular Hbond substituents is 4. The summed E-state index contributed by atoms with van der Waals surface area (Å²) in [5.41, 5.74) is 4.35. The molecule has 0 radical (unpaired) electrons. The van der Waals surface area contributed by atoms with Gasteiger partial charge in [-0.15, -0.1) is 0 Å².